The molecule has 0 radical (unpaired) electrons. The van der Waals surface area contributed by atoms with Gasteiger partial charge in [-0.25, -0.2) is 9.97 Å². The molecule has 2 aromatic rings. The molecule has 6 heteroatoms. The van der Waals surface area contributed by atoms with Gasteiger partial charge in [0.2, 0.25) is 0 Å². The topological polar surface area (TPSA) is 49.8 Å². The average molecular weight is 356 g/mol. The lowest BCUT2D eigenvalue weighted by molar-refractivity contribution is 0.955. The second kappa shape index (κ2) is 6.90. The molecule has 20 heavy (non-hydrogen) atoms. The van der Waals surface area contributed by atoms with Crippen LogP contribution in [0.3, 0.4) is 0 Å². The fraction of sp³-hybridized carbons (Fsp3) is 0.286. The van der Waals surface area contributed by atoms with Gasteiger partial charge in [0.05, 0.1) is 5.02 Å². The fourth-order valence-corrected chi connectivity index (χ4v) is 2.19. The molecule has 0 unspecified atom stereocenters. The van der Waals surface area contributed by atoms with Crippen LogP contribution in [0.5, 0.6) is 0 Å². The van der Waals surface area contributed by atoms with Gasteiger partial charge >= 0.3 is 0 Å². The highest BCUT2D eigenvalue weighted by molar-refractivity contribution is 9.10. The Kier molecular flexibility index (Phi) is 5.20. The zero-order chi connectivity index (χ0) is 14.5. The first-order chi connectivity index (χ1) is 9.58. The van der Waals surface area contributed by atoms with Gasteiger partial charge in [0.15, 0.2) is 0 Å². The van der Waals surface area contributed by atoms with Crippen LogP contribution in [-0.2, 0) is 0 Å². The quantitative estimate of drug-likeness (QED) is 0.811. The molecule has 2 N–H and O–H groups in total. The summed E-state index contributed by atoms with van der Waals surface area (Å²) < 4.78 is 0.847. The van der Waals surface area contributed by atoms with E-state index in [1.165, 1.54) is 0 Å². The molecule has 0 atom stereocenters. The van der Waals surface area contributed by atoms with Gasteiger partial charge in [-0.2, -0.15) is 0 Å². The Morgan fingerprint density at radius 2 is 1.95 bits per heavy atom. The SMILES string of the molecule is CCCNc1cc(Nc2ccc(Cl)c(Br)c2)nc(C)n1. The summed E-state index contributed by atoms with van der Waals surface area (Å²) in [7, 11) is 0. The smallest absolute Gasteiger partial charge is 0.136 e. The molecule has 2 rings (SSSR count). The molecule has 0 saturated carbocycles. The predicted molar refractivity (Wildman–Crippen MR) is 88.0 cm³/mol. The molecule has 4 nitrogen and oxygen atoms in total. The van der Waals surface area contributed by atoms with Gasteiger partial charge in [-0.1, -0.05) is 18.5 Å². The molecular formula is C14H16BrClN4. The molecule has 0 aliphatic rings. The van der Waals surface area contributed by atoms with E-state index in [0.29, 0.717) is 5.02 Å². The van der Waals surface area contributed by atoms with Crippen LogP contribution in [0.4, 0.5) is 17.3 Å². The van der Waals surface area contributed by atoms with E-state index in [0.717, 1.165) is 40.6 Å². The van der Waals surface area contributed by atoms with E-state index >= 15 is 0 Å². The monoisotopic (exact) mass is 354 g/mol. The van der Waals surface area contributed by atoms with Crippen LogP contribution < -0.4 is 10.6 Å². The van der Waals surface area contributed by atoms with Crippen LogP contribution in [0, 0.1) is 6.92 Å². The van der Waals surface area contributed by atoms with Crippen LogP contribution in [0.1, 0.15) is 19.2 Å². The number of rotatable bonds is 5. The Morgan fingerprint density at radius 1 is 1.20 bits per heavy atom. The summed E-state index contributed by atoms with van der Waals surface area (Å²) >= 11 is 9.39. The first-order valence-electron chi connectivity index (χ1n) is 6.40. The zero-order valence-electron chi connectivity index (χ0n) is 11.4. The first kappa shape index (κ1) is 15.1. The highest BCUT2D eigenvalue weighted by Gasteiger charge is 2.04. The van der Waals surface area contributed by atoms with E-state index in [2.05, 4.69) is 43.5 Å². The van der Waals surface area contributed by atoms with Gasteiger partial charge in [0, 0.05) is 22.8 Å². The summed E-state index contributed by atoms with van der Waals surface area (Å²) in [5, 5.41) is 7.19. The van der Waals surface area contributed by atoms with Crippen molar-refractivity contribution in [3.05, 3.63) is 39.6 Å². The zero-order valence-corrected chi connectivity index (χ0v) is 13.7. The molecular weight excluding hydrogens is 340 g/mol. The number of hydrogen-bond donors (Lipinski definition) is 2. The minimum absolute atomic E-state index is 0.680. The third-order valence-corrected chi connectivity index (χ3v) is 3.80. The molecule has 0 spiro atoms. The predicted octanol–water partition coefficient (Wildman–Crippen LogP) is 4.77. The van der Waals surface area contributed by atoms with Crippen molar-refractivity contribution < 1.29 is 0 Å². The van der Waals surface area contributed by atoms with E-state index in [-0.39, 0.29) is 0 Å². The van der Waals surface area contributed by atoms with Crippen LogP contribution in [-0.4, -0.2) is 16.5 Å². The summed E-state index contributed by atoms with van der Waals surface area (Å²) in [5.74, 6) is 2.31. The van der Waals surface area contributed by atoms with Gasteiger partial charge in [0.25, 0.3) is 0 Å². The van der Waals surface area contributed by atoms with Crippen LogP contribution in [0.15, 0.2) is 28.7 Å². The van der Waals surface area contributed by atoms with Crippen molar-refractivity contribution >= 4 is 44.9 Å². The summed E-state index contributed by atoms with van der Waals surface area (Å²) in [4.78, 5) is 8.73. The van der Waals surface area contributed by atoms with Gasteiger partial charge in [-0.3, -0.25) is 0 Å². The Bertz CT molecular complexity index is 604. The lowest BCUT2D eigenvalue weighted by atomic mass is 10.3. The number of nitrogens with one attached hydrogen (secondary N) is 2. The lowest BCUT2D eigenvalue weighted by Gasteiger charge is -2.10. The number of hydrogen-bond acceptors (Lipinski definition) is 4. The van der Waals surface area contributed by atoms with Gasteiger partial charge in [0.1, 0.15) is 17.5 Å². The molecule has 0 amide bonds. The number of aryl methyl sites for hydroxylation is 1. The Hall–Kier alpha value is -1.33. The second-order valence-corrected chi connectivity index (χ2v) is 5.63. The van der Waals surface area contributed by atoms with Crippen molar-refractivity contribution in [2.45, 2.75) is 20.3 Å². The van der Waals surface area contributed by atoms with Crippen molar-refractivity contribution in [2.24, 2.45) is 0 Å². The molecule has 0 bridgehead atoms. The molecule has 0 saturated heterocycles. The minimum atomic E-state index is 0.680. The summed E-state index contributed by atoms with van der Waals surface area (Å²) in [6.45, 7) is 4.88. The molecule has 1 aromatic heterocycles. The first-order valence-corrected chi connectivity index (χ1v) is 7.57. The molecule has 1 heterocycles. The van der Waals surface area contributed by atoms with Crippen molar-refractivity contribution in [3.8, 4) is 0 Å². The second-order valence-electron chi connectivity index (χ2n) is 4.37. The van der Waals surface area contributed by atoms with Crippen molar-refractivity contribution in [2.75, 3.05) is 17.2 Å². The Labute approximate surface area is 132 Å². The lowest BCUT2D eigenvalue weighted by Crippen LogP contribution is -2.05. The van der Waals surface area contributed by atoms with Crippen LogP contribution in [0.2, 0.25) is 5.02 Å². The van der Waals surface area contributed by atoms with Gasteiger partial charge < -0.3 is 10.6 Å². The average Bonchev–Trinajstić information content (AvgIpc) is 2.40. The van der Waals surface area contributed by atoms with Crippen molar-refractivity contribution in [3.63, 3.8) is 0 Å². The molecule has 0 aliphatic carbocycles. The van der Waals surface area contributed by atoms with Crippen LogP contribution in [0.25, 0.3) is 0 Å². The maximum atomic E-state index is 5.98. The highest BCUT2D eigenvalue weighted by atomic mass is 79.9. The molecule has 0 fully saturated rings. The van der Waals surface area contributed by atoms with E-state index in [9.17, 15) is 0 Å². The molecule has 0 aliphatic heterocycles. The van der Waals surface area contributed by atoms with Gasteiger partial charge in [-0.05, 0) is 47.5 Å². The van der Waals surface area contributed by atoms with Crippen molar-refractivity contribution in [1.82, 2.24) is 9.97 Å². The Balaban J connectivity index is 2.19. The summed E-state index contributed by atoms with van der Waals surface area (Å²) in [6.07, 6.45) is 1.05. The molecule has 106 valence electrons. The van der Waals surface area contributed by atoms with E-state index in [1.807, 2.05) is 31.2 Å². The number of halogens is 2. The van der Waals surface area contributed by atoms with Crippen molar-refractivity contribution in [1.29, 1.82) is 0 Å². The minimum Gasteiger partial charge on any atom is -0.370 e. The highest BCUT2D eigenvalue weighted by Crippen LogP contribution is 2.27. The summed E-state index contributed by atoms with van der Waals surface area (Å²) in [6, 6.07) is 7.55. The normalized spacial score (nSPS) is 10.4. The van der Waals surface area contributed by atoms with E-state index in [1.54, 1.807) is 0 Å². The maximum Gasteiger partial charge on any atom is 0.136 e. The number of nitrogens with zero attached hydrogens (tertiary/aromatic N) is 2. The van der Waals surface area contributed by atoms with E-state index in [4.69, 9.17) is 11.6 Å². The standard InChI is InChI=1S/C14H16BrClN4/c1-3-6-17-13-8-14(19-9(2)18-13)20-10-4-5-12(16)11(15)7-10/h4-5,7-8H,3,6H2,1-2H3,(H2,17,18,19,20). The number of aromatic nitrogens is 2. The summed E-state index contributed by atoms with van der Waals surface area (Å²) in [5.41, 5.74) is 0.917. The largest absolute Gasteiger partial charge is 0.370 e. The third kappa shape index (κ3) is 4.08. The van der Waals surface area contributed by atoms with Gasteiger partial charge in [-0.15, -0.1) is 0 Å². The van der Waals surface area contributed by atoms with E-state index < -0.39 is 0 Å². The fourth-order valence-electron chi connectivity index (χ4n) is 1.70. The third-order valence-electron chi connectivity index (χ3n) is 2.59. The number of benzene rings is 1. The molecule has 1 aromatic carbocycles. The Morgan fingerprint density at radius 3 is 2.65 bits per heavy atom. The number of anilines is 3. The van der Waals surface area contributed by atoms with Crippen LogP contribution >= 0.6 is 27.5 Å². The maximum absolute atomic E-state index is 5.98.